The molecular weight excluding hydrogens is 518 g/mol. The normalized spacial score (nSPS) is 11.9. The standard InChI is InChI=1S/C25H23F4NO6S/c1-33-20-12-15(13-21(34-2)24(20)36-4)8-9-16-10-11-19(26)23(35-3)22(16)30-37(31,32)18-7-5-6-17(14-18)25(27,28)29/h5-14,30H,1-4H3/b9-8-. The third-order valence-electron chi connectivity index (χ3n) is 5.20. The third kappa shape index (κ3) is 6.08. The van der Waals surface area contributed by atoms with Crippen molar-refractivity contribution in [2.75, 3.05) is 33.2 Å². The second-order valence-electron chi connectivity index (χ2n) is 7.47. The van der Waals surface area contributed by atoms with E-state index in [1.165, 1.54) is 33.5 Å². The van der Waals surface area contributed by atoms with Gasteiger partial charge < -0.3 is 18.9 Å². The molecule has 12 heteroatoms. The zero-order chi connectivity index (χ0) is 27.4. The molecule has 0 spiro atoms. The minimum Gasteiger partial charge on any atom is -0.493 e. The summed E-state index contributed by atoms with van der Waals surface area (Å²) in [6.45, 7) is 0. The lowest BCUT2D eigenvalue weighted by atomic mass is 10.1. The van der Waals surface area contributed by atoms with Crippen LogP contribution in [0.25, 0.3) is 12.2 Å². The summed E-state index contributed by atoms with van der Waals surface area (Å²) in [6.07, 6.45) is -1.72. The van der Waals surface area contributed by atoms with Gasteiger partial charge in [0.05, 0.1) is 38.9 Å². The fourth-order valence-corrected chi connectivity index (χ4v) is 4.57. The Morgan fingerprint density at radius 3 is 1.97 bits per heavy atom. The highest BCUT2D eigenvalue weighted by molar-refractivity contribution is 7.92. The number of ether oxygens (including phenoxy) is 4. The Bertz CT molecular complexity index is 1400. The van der Waals surface area contributed by atoms with Crippen LogP contribution in [0, 0.1) is 5.82 Å². The van der Waals surface area contributed by atoms with Crippen molar-refractivity contribution in [2.45, 2.75) is 11.1 Å². The smallest absolute Gasteiger partial charge is 0.416 e. The van der Waals surface area contributed by atoms with Gasteiger partial charge in [-0.2, -0.15) is 13.2 Å². The molecular formula is C25H23F4NO6S. The number of methoxy groups -OCH3 is 4. The van der Waals surface area contributed by atoms with Gasteiger partial charge in [0.2, 0.25) is 5.75 Å². The van der Waals surface area contributed by atoms with E-state index in [2.05, 4.69) is 4.72 Å². The maximum Gasteiger partial charge on any atom is 0.416 e. The predicted octanol–water partition coefficient (Wildman–Crippen LogP) is 5.85. The molecule has 0 aromatic heterocycles. The Morgan fingerprint density at radius 1 is 0.811 bits per heavy atom. The molecule has 7 nitrogen and oxygen atoms in total. The summed E-state index contributed by atoms with van der Waals surface area (Å²) in [6, 6.07) is 8.80. The van der Waals surface area contributed by atoms with E-state index >= 15 is 0 Å². The molecule has 3 rings (SSSR count). The van der Waals surface area contributed by atoms with Crippen molar-refractivity contribution in [3.8, 4) is 23.0 Å². The maximum absolute atomic E-state index is 14.5. The van der Waals surface area contributed by atoms with Crippen molar-refractivity contribution >= 4 is 27.9 Å². The molecule has 0 aliphatic carbocycles. The molecule has 3 aromatic rings. The molecule has 0 saturated heterocycles. The van der Waals surface area contributed by atoms with E-state index in [0.29, 0.717) is 28.9 Å². The highest BCUT2D eigenvalue weighted by Crippen LogP contribution is 2.40. The quantitative estimate of drug-likeness (QED) is 0.270. The number of halogens is 4. The van der Waals surface area contributed by atoms with E-state index in [1.54, 1.807) is 18.2 Å². The van der Waals surface area contributed by atoms with Crippen LogP contribution in [0.2, 0.25) is 0 Å². The molecule has 198 valence electrons. The van der Waals surface area contributed by atoms with E-state index in [4.69, 9.17) is 18.9 Å². The van der Waals surface area contributed by atoms with Crippen LogP contribution >= 0.6 is 0 Å². The first-order chi connectivity index (χ1) is 17.4. The van der Waals surface area contributed by atoms with Crippen LogP contribution in [0.3, 0.4) is 0 Å². The van der Waals surface area contributed by atoms with Crippen LogP contribution in [0.15, 0.2) is 53.4 Å². The molecule has 37 heavy (non-hydrogen) atoms. The molecule has 0 atom stereocenters. The van der Waals surface area contributed by atoms with Crippen LogP contribution in [0.4, 0.5) is 23.2 Å². The van der Waals surface area contributed by atoms with Crippen molar-refractivity contribution < 1.29 is 44.9 Å². The average Bonchev–Trinajstić information content (AvgIpc) is 2.87. The summed E-state index contributed by atoms with van der Waals surface area (Å²) in [5.41, 5.74) is -0.722. The van der Waals surface area contributed by atoms with E-state index in [0.717, 1.165) is 31.4 Å². The van der Waals surface area contributed by atoms with Crippen molar-refractivity contribution in [1.82, 2.24) is 0 Å². The molecule has 0 aliphatic heterocycles. The first-order valence-corrected chi connectivity index (χ1v) is 12.0. The molecule has 0 fully saturated rings. The molecule has 0 unspecified atom stereocenters. The number of alkyl halides is 3. The largest absolute Gasteiger partial charge is 0.493 e. The molecule has 0 radical (unpaired) electrons. The van der Waals surface area contributed by atoms with Gasteiger partial charge in [0, 0.05) is 5.56 Å². The van der Waals surface area contributed by atoms with Crippen molar-refractivity contribution in [3.63, 3.8) is 0 Å². The van der Waals surface area contributed by atoms with E-state index in [9.17, 15) is 26.0 Å². The molecule has 1 N–H and O–H groups in total. The van der Waals surface area contributed by atoms with E-state index in [-0.39, 0.29) is 11.3 Å². The van der Waals surface area contributed by atoms with Gasteiger partial charge >= 0.3 is 6.18 Å². The number of nitrogens with one attached hydrogen (secondary N) is 1. The second-order valence-corrected chi connectivity index (χ2v) is 9.15. The topological polar surface area (TPSA) is 83.1 Å². The number of hydrogen-bond donors (Lipinski definition) is 1. The second kappa shape index (κ2) is 11.0. The molecule has 0 saturated carbocycles. The van der Waals surface area contributed by atoms with Gasteiger partial charge in [-0.05, 0) is 48.0 Å². The number of anilines is 1. The lowest BCUT2D eigenvalue weighted by Gasteiger charge is -2.16. The lowest BCUT2D eigenvalue weighted by molar-refractivity contribution is -0.137. The van der Waals surface area contributed by atoms with Gasteiger partial charge in [-0.3, -0.25) is 4.72 Å². The minimum absolute atomic E-state index is 0.169. The molecule has 0 heterocycles. The lowest BCUT2D eigenvalue weighted by Crippen LogP contribution is -2.16. The van der Waals surface area contributed by atoms with Crippen LogP contribution in [-0.2, 0) is 16.2 Å². The number of sulfonamides is 1. The zero-order valence-corrected chi connectivity index (χ0v) is 21.0. The average molecular weight is 542 g/mol. The zero-order valence-electron chi connectivity index (χ0n) is 20.1. The third-order valence-corrected chi connectivity index (χ3v) is 6.54. The molecule has 0 amide bonds. The van der Waals surface area contributed by atoms with Crippen molar-refractivity contribution in [3.05, 3.63) is 71.0 Å². The number of hydrogen-bond acceptors (Lipinski definition) is 6. The van der Waals surface area contributed by atoms with Gasteiger partial charge in [-0.15, -0.1) is 0 Å². The van der Waals surface area contributed by atoms with E-state index in [1.807, 2.05) is 0 Å². The van der Waals surface area contributed by atoms with Gasteiger partial charge in [0.15, 0.2) is 23.1 Å². The first kappa shape index (κ1) is 27.7. The van der Waals surface area contributed by atoms with Crippen LogP contribution < -0.4 is 23.7 Å². The van der Waals surface area contributed by atoms with Crippen LogP contribution in [0.5, 0.6) is 23.0 Å². The SMILES string of the molecule is COc1cc(/C=C\c2ccc(F)c(OC)c2NS(=O)(=O)c2cccc(C(F)(F)F)c2)cc(OC)c1OC. The fraction of sp³-hybridized carbons (Fsp3) is 0.200. The molecule has 0 bridgehead atoms. The summed E-state index contributed by atoms with van der Waals surface area (Å²) in [7, 11) is 0.893. The highest BCUT2D eigenvalue weighted by atomic mass is 32.2. The Hall–Kier alpha value is -3.93. The minimum atomic E-state index is -4.75. The van der Waals surface area contributed by atoms with E-state index < -0.39 is 38.2 Å². The molecule has 0 aliphatic rings. The summed E-state index contributed by atoms with van der Waals surface area (Å²) >= 11 is 0. The van der Waals surface area contributed by atoms with Gasteiger partial charge in [-0.25, -0.2) is 12.8 Å². The Kier molecular flexibility index (Phi) is 8.22. The molecule has 3 aromatic carbocycles. The summed E-state index contributed by atoms with van der Waals surface area (Å²) in [5, 5.41) is 0. The Morgan fingerprint density at radius 2 is 1.43 bits per heavy atom. The highest BCUT2D eigenvalue weighted by Gasteiger charge is 2.32. The Balaban J connectivity index is 2.08. The van der Waals surface area contributed by atoms with Crippen molar-refractivity contribution in [2.24, 2.45) is 0 Å². The monoisotopic (exact) mass is 541 g/mol. The summed E-state index contributed by atoms with van der Waals surface area (Å²) in [4.78, 5) is -0.659. The van der Waals surface area contributed by atoms with Crippen molar-refractivity contribution in [1.29, 1.82) is 0 Å². The maximum atomic E-state index is 14.5. The number of rotatable bonds is 9. The van der Waals surface area contributed by atoms with Gasteiger partial charge in [0.1, 0.15) is 5.69 Å². The fourth-order valence-electron chi connectivity index (χ4n) is 3.43. The predicted molar refractivity (Wildman–Crippen MR) is 130 cm³/mol. The summed E-state index contributed by atoms with van der Waals surface area (Å²) < 4.78 is 103. The summed E-state index contributed by atoms with van der Waals surface area (Å²) in [5.74, 6) is -0.232. The number of benzene rings is 3. The van der Waals surface area contributed by atoms with Gasteiger partial charge in [-0.1, -0.05) is 18.2 Å². The van der Waals surface area contributed by atoms with Crippen LogP contribution in [-0.4, -0.2) is 36.9 Å². The Labute approximate surface area is 211 Å². The first-order valence-electron chi connectivity index (χ1n) is 10.5. The van der Waals surface area contributed by atoms with Crippen LogP contribution in [0.1, 0.15) is 16.7 Å². The van der Waals surface area contributed by atoms with Gasteiger partial charge in [0.25, 0.3) is 10.0 Å².